The second-order valence-electron chi connectivity index (χ2n) is 8.70. The molecule has 0 spiro atoms. The summed E-state index contributed by atoms with van der Waals surface area (Å²) in [6, 6.07) is 4.18. The molecule has 0 amide bonds. The number of carbonyl (C=O) groups is 1. The minimum atomic E-state index is -0.576. The van der Waals surface area contributed by atoms with Crippen molar-refractivity contribution in [2.75, 3.05) is 31.1 Å². The van der Waals surface area contributed by atoms with Crippen LogP contribution in [0.25, 0.3) is 22.3 Å². The average molecular weight is 427 g/mol. The molecule has 0 bridgehead atoms. The lowest BCUT2D eigenvalue weighted by Crippen LogP contribution is -2.46. The van der Waals surface area contributed by atoms with Crippen LogP contribution in [0.4, 0.5) is 0 Å². The molecule has 9 heteroatoms. The summed E-state index contributed by atoms with van der Waals surface area (Å²) in [4.78, 5) is 20.5. The van der Waals surface area contributed by atoms with E-state index in [1.54, 1.807) is 17.2 Å². The Hall–Kier alpha value is -2.70. The molecular formula is C21H26N6O2S. The quantitative estimate of drug-likeness (QED) is 0.514. The first-order valence-electron chi connectivity index (χ1n) is 9.79. The van der Waals surface area contributed by atoms with E-state index in [-0.39, 0.29) is 12.2 Å². The Labute approximate surface area is 177 Å². The molecule has 30 heavy (non-hydrogen) atoms. The summed E-state index contributed by atoms with van der Waals surface area (Å²) in [6.45, 7) is 1.17. The second-order valence-corrected chi connectivity index (χ2v) is 13.3. The molecule has 0 aliphatic heterocycles. The summed E-state index contributed by atoms with van der Waals surface area (Å²) >= 11 is 0. The molecular weight excluding hydrogens is 400 g/mol. The molecule has 3 aromatic heterocycles. The number of hydrogen-bond donors (Lipinski definition) is 0. The van der Waals surface area contributed by atoms with Gasteiger partial charge in [-0.05, 0) is 24.8 Å². The predicted octanol–water partition coefficient (Wildman–Crippen LogP) is 2.93. The van der Waals surface area contributed by atoms with Crippen molar-refractivity contribution in [3.8, 4) is 17.3 Å². The summed E-state index contributed by atoms with van der Waals surface area (Å²) < 4.78 is 9.60. The normalized spacial score (nSPS) is 16.4. The Balaban J connectivity index is 1.56. The summed E-state index contributed by atoms with van der Waals surface area (Å²) in [5.41, 5.74) is 1.91. The highest BCUT2D eigenvalue weighted by molar-refractivity contribution is 8.32. The van der Waals surface area contributed by atoms with Crippen LogP contribution in [0.15, 0.2) is 31.0 Å². The zero-order valence-electron chi connectivity index (χ0n) is 17.5. The zero-order valence-corrected chi connectivity index (χ0v) is 18.4. The third-order valence-electron chi connectivity index (χ3n) is 5.43. The number of hydrogen-bond acceptors (Lipinski definition) is 6. The molecule has 1 aliphatic carbocycles. The minimum Gasteiger partial charge on any atom is -0.360 e. The maximum atomic E-state index is 11.6. The summed E-state index contributed by atoms with van der Waals surface area (Å²) in [5, 5.41) is 14.6. The molecule has 158 valence electrons. The van der Waals surface area contributed by atoms with Crippen molar-refractivity contribution >= 4 is 26.8 Å². The topological polar surface area (TPSA) is 98.6 Å². The van der Waals surface area contributed by atoms with E-state index in [0.717, 1.165) is 34.7 Å². The number of aromatic nitrogens is 5. The standard InChI is InChI=1S/C21H26N6O2S/c1-30(2,3)9-8-29-15-26-7-4-18-19(23-14-24-20(18)26)16-12-25-27(13-16)21(5-6-22)10-17(28)11-21/h4,7,12-14H,5,8-11,15H2,1-3H3. The molecule has 3 heterocycles. The summed E-state index contributed by atoms with van der Waals surface area (Å²) in [5.74, 6) is 1.23. The Morgan fingerprint density at radius 1 is 1.30 bits per heavy atom. The van der Waals surface area contributed by atoms with Gasteiger partial charge in [-0.3, -0.25) is 9.48 Å². The molecule has 3 aromatic rings. The van der Waals surface area contributed by atoms with Crippen molar-refractivity contribution in [3.05, 3.63) is 31.0 Å². The lowest BCUT2D eigenvalue weighted by atomic mass is 9.74. The van der Waals surface area contributed by atoms with Crippen LogP contribution in [-0.4, -0.2) is 61.2 Å². The largest absolute Gasteiger partial charge is 0.360 e. The van der Waals surface area contributed by atoms with Crippen LogP contribution < -0.4 is 0 Å². The third-order valence-corrected chi connectivity index (χ3v) is 6.82. The lowest BCUT2D eigenvalue weighted by Gasteiger charge is -2.38. The third kappa shape index (κ3) is 3.98. The maximum Gasteiger partial charge on any atom is 0.145 e. The van der Waals surface area contributed by atoms with Gasteiger partial charge in [0.25, 0.3) is 0 Å². The van der Waals surface area contributed by atoms with Crippen LogP contribution in [-0.2, 0) is 21.8 Å². The van der Waals surface area contributed by atoms with Gasteiger partial charge >= 0.3 is 0 Å². The highest BCUT2D eigenvalue weighted by Crippen LogP contribution is 2.40. The number of fused-ring (bicyclic) bond motifs is 1. The van der Waals surface area contributed by atoms with Gasteiger partial charge in [-0.1, -0.05) is 0 Å². The Kier molecular flexibility index (Phi) is 5.38. The van der Waals surface area contributed by atoms with Crippen molar-refractivity contribution in [2.24, 2.45) is 0 Å². The number of rotatable bonds is 8. The van der Waals surface area contributed by atoms with E-state index in [9.17, 15) is 10.1 Å². The first-order valence-corrected chi connectivity index (χ1v) is 12.8. The molecule has 8 nitrogen and oxygen atoms in total. The van der Waals surface area contributed by atoms with E-state index in [2.05, 4.69) is 39.9 Å². The molecule has 1 fully saturated rings. The number of Topliss-reactive ketones (excluding diaryl/α,β-unsaturated/α-hetero) is 1. The molecule has 0 saturated heterocycles. The fourth-order valence-corrected chi connectivity index (χ4v) is 4.33. The van der Waals surface area contributed by atoms with E-state index in [0.29, 0.717) is 19.6 Å². The van der Waals surface area contributed by atoms with Crippen molar-refractivity contribution in [1.29, 1.82) is 5.26 Å². The van der Waals surface area contributed by atoms with Crippen molar-refractivity contribution in [2.45, 2.75) is 31.5 Å². The van der Waals surface area contributed by atoms with E-state index >= 15 is 0 Å². The van der Waals surface area contributed by atoms with Gasteiger partial charge in [0, 0.05) is 41.9 Å². The van der Waals surface area contributed by atoms with E-state index < -0.39 is 15.6 Å². The summed E-state index contributed by atoms with van der Waals surface area (Å²) in [6.07, 6.45) is 14.9. The number of carbonyl (C=O) groups excluding carboxylic acids is 1. The van der Waals surface area contributed by atoms with Crippen molar-refractivity contribution in [3.63, 3.8) is 0 Å². The molecule has 0 radical (unpaired) electrons. The average Bonchev–Trinajstić information content (AvgIpc) is 3.31. The summed E-state index contributed by atoms with van der Waals surface area (Å²) in [7, 11) is -0.576. The number of nitriles is 1. The van der Waals surface area contributed by atoms with Crippen LogP contribution in [0.3, 0.4) is 0 Å². The fourth-order valence-electron chi connectivity index (χ4n) is 3.71. The van der Waals surface area contributed by atoms with Gasteiger partial charge in [0.15, 0.2) is 0 Å². The molecule has 0 aromatic carbocycles. The van der Waals surface area contributed by atoms with Crippen molar-refractivity contribution < 1.29 is 9.53 Å². The first-order chi connectivity index (χ1) is 14.3. The van der Waals surface area contributed by atoms with Crippen LogP contribution >= 0.6 is 10.0 Å². The molecule has 4 rings (SSSR count). The predicted molar refractivity (Wildman–Crippen MR) is 117 cm³/mol. The number of ether oxygens (including phenoxy) is 1. The molecule has 0 unspecified atom stereocenters. The number of ketones is 1. The van der Waals surface area contributed by atoms with E-state index in [1.807, 2.05) is 23.0 Å². The SMILES string of the molecule is CS(C)(C)CCOCn1ccc2c(-c3cnn(C4(CC#N)CC(=O)C4)c3)ncnc21. The Bertz CT molecular complexity index is 1110. The van der Waals surface area contributed by atoms with E-state index in [1.165, 1.54) is 0 Å². The van der Waals surface area contributed by atoms with Gasteiger partial charge in [-0.15, -0.1) is 0 Å². The van der Waals surface area contributed by atoms with Gasteiger partial charge in [0.2, 0.25) is 0 Å². The van der Waals surface area contributed by atoms with Crippen LogP contribution in [0, 0.1) is 11.3 Å². The Morgan fingerprint density at radius 3 is 2.80 bits per heavy atom. The van der Waals surface area contributed by atoms with Gasteiger partial charge in [0.05, 0.1) is 36.5 Å². The molecule has 1 saturated carbocycles. The van der Waals surface area contributed by atoms with Gasteiger partial charge in [0.1, 0.15) is 24.5 Å². The maximum absolute atomic E-state index is 11.6. The van der Waals surface area contributed by atoms with Crippen LogP contribution in [0.5, 0.6) is 0 Å². The lowest BCUT2D eigenvalue weighted by molar-refractivity contribution is -0.131. The monoisotopic (exact) mass is 426 g/mol. The molecule has 1 aliphatic rings. The minimum absolute atomic E-state index is 0.164. The van der Waals surface area contributed by atoms with Gasteiger partial charge in [-0.25, -0.2) is 20.0 Å². The smallest absolute Gasteiger partial charge is 0.145 e. The molecule has 0 N–H and O–H groups in total. The van der Waals surface area contributed by atoms with Gasteiger partial charge in [-0.2, -0.15) is 10.4 Å². The zero-order chi connectivity index (χ0) is 21.4. The van der Waals surface area contributed by atoms with E-state index in [4.69, 9.17) is 4.74 Å². The van der Waals surface area contributed by atoms with Gasteiger partial charge < -0.3 is 9.30 Å². The highest BCUT2D eigenvalue weighted by atomic mass is 32.3. The highest BCUT2D eigenvalue weighted by Gasteiger charge is 2.46. The number of nitrogens with zero attached hydrogens (tertiary/aromatic N) is 6. The molecule has 0 atom stereocenters. The Morgan fingerprint density at radius 2 is 2.10 bits per heavy atom. The van der Waals surface area contributed by atoms with Crippen LogP contribution in [0.2, 0.25) is 0 Å². The first kappa shape index (κ1) is 20.6. The van der Waals surface area contributed by atoms with Crippen molar-refractivity contribution in [1.82, 2.24) is 24.3 Å². The van der Waals surface area contributed by atoms with Crippen LogP contribution in [0.1, 0.15) is 19.3 Å². The fraction of sp³-hybridized carbons (Fsp3) is 0.476. The second kappa shape index (κ2) is 7.85.